The SMILES string of the molecule is CCOC(=O)[C@@]1(F)C[C@H](O)[C@H](C(O)CO[Si](c2ccccc2)(c2ccccc2)C(C)(C)C)O1. The fraction of sp³-hybridized carbons (Fsp3) is 0.480. The van der Waals surface area contributed by atoms with E-state index in [9.17, 15) is 19.4 Å². The van der Waals surface area contributed by atoms with Crippen LogP contribution in [-0.4, -0.2) is 61.9 Å². The zero-order chi connectivity index (χ0) is 24.3. The van der Waals surface area contributed by atoms with Gasteiger partial charge in [-0.25, -0.2) is 4.79 Å². The lowest BCUT2D eigenvalue weighted by Crippen LogP contribution is -2.67. The number of esters is 1. The molecule has 4 atom stereocenters. The zero-order valence-corrected chi connectivity index (χ0v) is 20.5. The molecule has 0 aromatic heterocycles. The third-order valence-electron chi connectivity index (χ3n) is 6.02. The molecule has 0 saturated carbocycles. The van der Waals surface area contributed by atoms with Crippen LogP contribution in [0.4, 0.5) is 4.39 Å². The Kier molecular flexibility index (Phi) is 7.75. The molecule has 1 heterocycles. The van der Waals surface area contributed by atoms with Crippen molar-refractivity contribution in [2.24, 2.45) is 0 Å². The predicted molar refractivity (Wildman–Crippen MR) is 126 cm³/mol. The fourth-order valence-corrected chi connectivity index (χ4v) is 9.08. The number of rotatable bonds is 8. The van der Waals surface area contributed by atoms with E-state index >= 15 is 0 Å². The third-order valence-corrected chi connectivity index (χ3v) is 11.0. The zero-order valence-electron chi connectivity index (χ0n) is 19.5. The van der Waals surface area contributed by atoms with Gasteiger partial charge in [-0.1, -0.05) is 81.4 Å². The van der Waals surface area contributed by atoms with Gasteiger partial charge in [0.05, 0.1) is 19.3 Å². The Morgan fingerprint density at radius 3 is 2.12 bits per heavy atom. The summed E-state index contributed by atoms with van der Waals surface area (Å²) in [5.41, 5.74) is 0. The fourth-order valence-electron chi connectivity index (χ4n) is 4.50. The number of carbonyl (C=O) groups excluding carboxylic acids is 1. The molecule has 180 valence electrons. The van der Waals surface area contributed by atoms with Crippen molar-refractivity contribution < 1.29 is 33.3 Å². The van der Waals surface area contributed by atoms with Gasteiger partial charge in [0.15, 0.2) is 0 Å². The Morgan fingerprint density at radius 1 is 1.15 bits per heavy atom. The van der Waals surface area contributed by atoms with Crippen molar-refractivity contribution in [3.63, 3.8) is 0 Å². The number of benzene rings is 2. The average molecular weight is 477 g/mol. The standard InChI is InChI=1S/C25H33FO6Si/c1-5-30-23(29)25(26)16-20(27)22(32-25)21(28)17-31-33(24(2,3)4,18-12-8-6-9-13-18)19-14-10-7-11-15-19/h6-15,20-22,27-28H,5,16-17H2,1-4H3/t20-,21?,22+,25+/m0/s1. The van der Waals surface area contributed by atoms with Gasteiger partial charge < -0.3 is 24.1 Å². The third kappa shape index (κ3) is 5.05. The highest BCUT2D eigenvalue weighted by Gasteiger charge is 2.56. The van der Waals surface area contributed by atoms with Crippen molar-refractivity contribution in [3.8, 4) is 0 Å². The molecule has 1 aliphatic rings. The molecule has 6 nitrogen and oxygen atoms in total. The topological polar surface area (TPSA) is 85.2 Å². The van der Waals surface area contributed by atoms with E-state index in [1.165, 1.54) is 0 Å². The summed E-state index contributed by atoms with van der Waals surface area (Å²) < 4.78 is 31.5. The highest BCUT2D eigenvalue weighted by Crippen LogP contribution is 2.38. The molecule has 0 amide bonds. The summed E-state index contributed by atoms with van der Waals surface area (Å²) in [6.45, 7) is 7.62. The van der Waals surface area contributed by atoms with Crippen molar-refractivity contribution in [2.45, 2.75) is 63.3 Å². The molecular weight excluding hydrogens is 443 g/mol. The second-order valence-corrected chi connectivity index (χ2v) is 13.7. The molecule has 1 saturated heterocycles. The van der Waals surface area contributed by atoms with Crippen LogP contribution < -0.4 is 10.4 Å². The van der Waals surface area contributed by atoms with Crippen molar-refractivity contribution in [3.05, 3.63) is 60.7 Å². The minimum absolute atomic E-state index is 0.0197. The lowest BCUT2D eigenvalue weighted by Gasteiger charge is -2.43. The van der Waals surface area contributed by atoms with E-state index in [0.29, 0.717) is 0 Å². The Labute approximate surface area is 195 Å². The molecule has 2 N–H and O–H groups in total. The lowest BCUT2D eigenvalue weighted by atomic mass is 10.1. The lowest BCUT2D eigenvalue weighted by molar-refractivity contribution is -0.205. The summed E-state index contributed by atoms with van der Waals surface area (Å²) in [4.78, 5) is 12.0. The van der Waals surface area contributed by atoms with Crippen LogP contribution in [0.3, 0.4) is 0 Å². The van der Waals surface area contributed by atoms with E-state index in [0.717, 1.165) is 10.4 Å². The maximum atomic E-state index is 14.9. The molecular formula is C25H33FO6Si. The van der Waals surface area contributed by atoms with Crippen LogP contribution in [0.25, 0.3) is 0 Å². The smallest absolute Gasteiger partial charge is 0.372 e. The summed E-state index contributed by atoms with van der Waals surface area (Å²) in [5, 5.41) is 23.0. The average Bonchev–Trinajstić information content (AvgIpc) is 3.10. The molecule has 0 bridgehead atoms. The molecule has 33 heavy (non-hydrogen) atoms. The van der Waals surface area contributed by atoms with Gasteiger partial charge in [0, 0.05) is 6.42 Å². The first-order valence-electron chi connectivity index (χ1n) is 11.2. The van der Waals surface area contributed by atoms with E-state index in [2.05, 4.69) is 20.8 Å². The Balaban J connectivity index is 1.90. The highest BCUT2D eigenvalue weighted by molar-refractivity contribution is 6.99. The van der Waals surface area contributed by atoms with Crippen LogP contribution in [-0.2, 0) is 18.7 Å². The Hall–Kier alpha value is -2.10. The number of ether oxygens (including phenoxy) is 2. The van der Waals surface area contributed by atoms with Gasteiger partial charge in [-0.3, -0.25) is 0 Å². The first-order chi connectivity index (χ1) is 15.5. The molecule has 1 aliphatic heterocycles. The summed E-state index contributed by atoms with van der Waals surface area (Å²) >= 11 is 0. The number of hydrogen-bond acceptors (Lipinski definition) is 6. The normalized spacial score (nSPS) is 24.5. The molecule has 8 heteroatoms. The first-order valence-corrected chi connectivity index (χ1v) is 13.1. The Morgan fingerprint density at radius 2 is 1.67 bits per heavy atom. The van der Waals surface area contributed by atoms with Crippen LogP contribution >= 0.6 is 0 Å². The molecule has 3 rings (SSSR count). The summed E-state index contributed by atoms with van der Waals surface area (Å²) in [6, 6.07) is 19.7. The largest absolute Gasteiger partial charge is 0.462 e. The van der Waals surface area contributed by atoms with Crippen LogP contribution in [0.1, 0.15) is 34.1 Å². The second-order valence-electron chi connectivity index (χ2n) is 9.34. The van der Waals surface area contributed by atoms with Crippen molar-refractivity contribution in [1.82, 2.24) is 0 Å². The molecule has 0 radical (unpaired) electrons. The first kappa shape index (κ1) is 25.5. The maximum absolute atomic E-state index is 14.9. The molecule has 1 unspecified atom stereocenters. The van der Waals surface area contributed by atoms with Gasteiger partial charge in [0.25, 0.3) is 8.32 Å². The molecule has 1 fully saturated rings. The van der Waals surface area contributed by atoms with Crippen molar-refractivity contribution >= 4 is 24.7 Å². The number of aliphatic hydroxyl groups excluding tert-OH is 2. The second kappa shape index (κ2) is 10.0. The minimum Gasteiger partial charge on any atom is -0.462 e. The van der Waals surface area contributed by atoms with Gasteiger partial charge in [-0.15, -0.1) is 0 Å². The number of carbonyl (C=O) groups is 1. The van der Waals surface area contributed by atoms with Crippen LogP contribution in [0.15, 0.2) is 60.7 Å². The number of aliphatic hydroxyl groups is 2. The van der Waals surface area contributed by atoms with Gasteiger partial charge in [-0.05, 0) is 22.3 Å². The predicted octanol–water partition coefficient (Wildman–Crippen LogP) is 2.30. The summed E-state index contributed by atoms with van der Waals surface area (Å²) in [7, 11) is -2.94. The molecule has 0 aliphatic carbocycles. The van der Waals surface area contributed by atoms with Gasteiger partial charge in [0.1, 0.15) is 12.2 Å². The van der Waals surface area contributed by atoms with E-state index < -0.39 is 44.9 Å². The molecule has 2 aromatic rings. The van der Waals surface area contributed by atoms with Crippen LogP contribution in [0.5, 0.6) is 0 Å². The van der Waals surface area contributed by atoms with E-state index in [1.54, 1.807) is 6.92 Å². The summed E-state index contributed by atoms with van der Waals surface area (Å²) in [6.07, 6.45) is -4.66. The van der Waals surface area contributed by atoms with E-state index in [-0.39, 0.29) is 18.3 Å². The van der Waals surface area contributed by atoms with Crippen molar-refractivity contribution in [1.29, 1.82) is 0 Å². The van der Waals surface area contributed by atoms with Crippen LogP contribution in [0.2, 0.25) is 5.04 Å². The van der Waals surface area contributed by atoms with Gasteiger partial charge in [-0.2, -0.15) is 4.39 Å². The van der Waals surface area contributed by atoms with Gasteiger partial charge in [0.2, 0.25) is 0 Å². The molecule has 2 aromatic carbocycles. The van der Waals surface area contributed by atoms with E-state index in [4.69, 9.17) is 13.9 Å². The monoisotopic (exact) mass is 476 g/mol. The summed E-state index contributed by atoms with van der Waals surface area (Å²) in [5.74, 6) is -4.00. The van der Waals surface area contributed by atoms with Crippen LogP contribution in [0, 0.1) is 0 Å². The minimum atomic E-state index is -2.94. The van der Waals surface area contributed by atoms with E-state index in [1.807, 2.05) is 60.7 Å². The number of alkyl halides is 1. The van der Waals surface area contributed by atoms with Gasteiger partial charge >= 0.3 is 11.8 Å². The maximum Gasteiger partial charge on any atom is 0.372 e. The quantitative estimate of drug-likeness (QED) is 0.449. The Bertz CT molecular complexity index is 880. The number of halogens is 1. The molecule has 0 spiro atoms. The highest BCUT2D eigenvalue weighted by atomic mass is 28.4. The number of hydrogen-bond donors (Lipinski definition) is 2. The van der Waals surface area contributed by atoms with Crippen molar-refractivity contribution in [2.75, 3.05) is 13.2 Å².